The second kappa shape index (κ2) is 5.88. The number of H-pyrrole nitrogens is 1. The first-order valence-corrected chi connectivity index (χ1v) is 10.6. The number of hydrogen-bond acceptors (Lipinski definition) is 3. The number of imidazole rings is 1. The smallest absolute Gasteiger partial charge is 0.144 e. The average Bonchev–Trinajstić information content (AvgIpc) is 3.31. The average molecular weight is 396 g/mol. The molecule has 0 spiro atoms. The summed E-state index contributed by atoms with van der Waals surface area (Å²) in [5.41, 5.74) is 7.61. The fourth-order valence-corrected chi connectivity index (χ4v) is 5.33. The Morgan fingerprint density at radius 2 is 1.93 bits per heavy atom. The number of nitrogens with zero attached hydrogens (tertiary/aromatic N) is 1. The van der Waals surface area contributed by atoms with E-state index in [1.165, 1.54) is 29.4 Å². The van der Waals surface area contributed by atoms with Crippen molar-refractivity contribution in [3.63, 3.8) is 0 Å². The summed E-state index contributed by atoms with van der Waals surface area (Å²) in [6, 6.07) is 11.8. The highest BCUT2D eigenvalue weighted by Crippen LogP contribution is 2.45. The number of rotatable bonds is 1. The summed E-state index contributed by atoms with van der Waals surface area (Å²) >= 11 is 0. The maximum absolute atomic E-state index is 10.4. The van der Waals surface area contributed by atoms with Gasteiger partial charge >= 0.3 is 0 Å². The monoisotopic (exact) mass is 396 g/mol. The zero-order valence-corrected chi connectivity index (χ0v) is 17.5. The molecule has 2 heterocycles. The van der Waals surface area contributed by atoms with Gasteiger partial charge in [0.1, 0.15) is 17.2 Å². The van der Waals surface area contributed by atoms with Crippen molar-refractivity contribution in [3.8, 4) is 17.1 Å². The lowest BCUT2D eigenvalue weighted by molar-refractivity contribution is 0.433. The first kappa shape index (κ1) is 17.6. The lowest BCUT2D eigenvalue weighted by Crippen LogP contribution is -2.23. The molecule has 0 unspecified atom stereocenters. The molecule has 0 saturated carbocycles. The number of para-hydroxylation sites is 1. The van der Waals surface area contributed by atoms with Gasteiger partial charge in [0.05, 0.1) is 22.9 Å². The molecular formula is C26H24N2O2. The Bertz CT molecular complexity index is 1470. The maximum Gasteiger partial charge on any atom is 0.144 e. The molecule has 0 bridgehead atoms. The molecule has 1 aliphatic rings. The van der Waals surface area contributed by atoms with Crippen molar-refractivity contribution in [2.45, 2.75) is 45.4 Å². The number of aromatic nitrogens is 2. The van der Waals surface area contributed by atoms with E-state index in [4.69, 9.17) is 9.40 Å². The third-order valence-corrected chi connectivity index (χ3v) is 6.84. The lowest BCUT2D eigenvalue weighted by atomic mass is 9.71. The van der Waals surface area contributed by atoms with Crippen LogP contribution in [0.25, 0.3) is 44.2 Å². The molecule has 0 atom stereocenters. The van der Waals surface area contributed by atoms with E-state index in [0.717, 1.165) is 39.4 Å². The standard InChI is InChI=1S/C26H24N2O2/c1-14-13-30-24-17-10-11-18-15(8-6-12-26(18,2)3)21(17)23-22(20(14)24)27-25(28-23)16-7-4-5-9-19(16)29/h4-5,7,9-11,13,29H,6,8,12H2,1-3H3,(H,27,28). The second-order valence-corrected chi connectivity index (χ2v) is 9.20. The van der Waals surface area contributed by atoms with Crippen molar-refractivity contribution in [2.24, 2.45) is 0 Å². The van der Waals surface area contributed by atoms with Crippen LogP contribution in [0.15, 0.2) is 47.1 Å². The van der Waals surface area contributed by atoms with E-state index in [0.29, 0.717) is 11.4 Å². The molecule has 0 aliphatic heterocycles. The van der Waals surface area contributed by atoms with Gasteiger partial charge in [-0.15, -0.1) is 0 Å². The summed E-state index contributed by atoms with van der Waals surface area (Å²) in [5, 5.41) is 13.8. The minimum atomic E-state index is 0.152. The van der Waals surface area contributed by atoms with Crippen molar-refractivity contribution in [1.29, 1.82) is 0 Å². The molecule has 30 heavy (non-hydrogen) atoms. The summed E-state index contributed by atoms with van der Waals surface area (Å²) in [6.07, 6.45) is 5.25. The molecule has 0 fully saturated rings. The van der Waals surface area contributed by atoms with E-state index in [1.807, 2.05) is 24.5 Å². The van der Waals surface area contributed by atoms with Crippen LogP contribution in [0.1, 0.15) is 43.4 Å². The quantitative estimate of drug-likeness (QED) is 0.329. The van der Waals surface area contributed by atoms with E-state index in [-0.39, 0.29) is 11.2 Å². The number of furan rings is 1. The fraction of sp³-hybridized carbons (Fsp3) is 0.269. The zero-order chi connectivity index (χ0) is 20.6. The number of aryl methyl sites for hydroxylation is 2. The van der Waals surface area contributed by atoms with Crippen molar-refractivity contribution in [3.05, 3.63) is 59.4 Å². The molecule has 5 aromatic rings. The molecule has 0 saturated heterocycles. The van der Waals surface area contributed by atoms with Gasteiger partial charge < -0.3 is 14.5 Å². The van der Waals surface area contributed by atoms with Crippen molar-refractivity contribution in [1.82, 2.24) is 9.97 Å². The van der Waals surface area contributed by atoms with Gasteiger partial charge in [-0.25, -0.2) is 4.98 Å². The van der Waals surface area contributed by atoms with Gasteiger partial charge in [-0.05, 0) is 60.4 Å². The van der Waals surface area contributed by atoms with E-state index >= 15 is 0 Å². The fourth-order valence-electron chi connectivity index (χ4n) is 5.33. The highest BCUT2D eigenvalue weighted by atomic mass is 16.3. The molecular weight excluding hydrogens is 372 g/mol. The van der Waals surface area contributed by atoms with Crippen LogP contribution >= 0.6 is 0 Å². The van der Waals surface area contributed by atoms with Gasteiger partial charge in [-0.2, -0.15) is 0 Å². The summed E-state index contributed by atoms with van der Waals surface area (Å²) in [7, 11) is 0. The molecule has 150 valence electrons. The van der Waals surface area contributed by atoms with Gasteiger partial charge in [0, 0.05) is 16.2 Å². The summed E-state index contributed by atoms with van der Waals surface area (Å²) in [5.74, 6) is 0.911. The van der Waals surface area contributed by atoms with Crippen LogP contribution in [0, 0.1) is 6.92 Å². The number of fused-ring (bicyclic) bond motifs is 8. The molecule has 3 aromatic carbocycles. The van der Waals surface area contributed by atoms with E-state index in [1.54, 1.807) is 6.07 Å². The predicted octanol–water partition coefficient (Wildman–Crippen LogP) is 6.76. The van der Waals surface area contributed by atoms with Crippen LogP contribution in [-0.4, -0.2) is 15.1 Å². The molecule has 1 aliphatic carbocycles. The van der Waals surface area contributed by atoms with Gasteiger partial charge in [-0.3, -0.25) is 0 Å². The number of aromatic amines is 1. The normalized spacial score (nSPS) is 15.8. The second-order valence-electron chi connectivity index (χ2n) is 9.20. The molecule has 2 aromatic heterocycles. The van der Waals surface area contributed by atoms with Gasteiger partial charge in [-0.1, -0.05) is 38.1 Å². The number of nitrogens with one attached hydrogen (secondary N) is 1. The molecule has 0 amide bonds. The Hall–Kier alpha value is -3.27. The number of aromatic hydroxyl groups is 1. The Morgan fingerprint density at radius 1 is 1.10 bits per heavy atom. The molecule has 2 N–H and O–H groups in total. The van der Waals surface area contributed by atoms with Gasteiger partial charge in [0.2, 0.25) is 0 Å². The van der Waals surface area contributed by atoms with Crippen molar-refractivity contribution < 1.29 is 9.52 Å². The van der Waals surface area contributed by atoms with E-state index in [9.17, 15) is 5.11 Å². The molecule has 4 nitrogen and oxygen atoms in total. The van der Waals surface area contributed by atoms with Crippen LogP contribution in [0.4, 0.5) is 0 Å². The van der Waals surface area contributed by atoms with E-state index < -0.39 is 0 Å². The number of hydrogen-bond donors (Lipinski definition) is 2. The third-order valence-electron chi connectivity index (χ3n) is 6.84. The highest BCUT2D eigenvalue weighted by molar-refractivity contribution is 6.24. The lowest BCUT2D eigenvalue weighted by Gasteiger charge is -2.33. The highest BCUT2D eigenvalue weighted by Gasteiger charge is 2.30. The number of benzene rings is 3. The van der Waals surface area contributed by atoms with Crippen LogP contribution in [0.2, 0.25) is 0 Å². The Kier molecular flexibility index (Phi) is 3.45. The van der Waals surface area contributed by atoms with Crippen LogP contribution in [0.3, 0.4) is 0 Å². The maximum atomic E-state index is 10.4. The number of phenols is 1. The third kappa shape index (κ3) is 2.25. The Morgan fingerprint density at radius 3 is 2.77 bits per heavy atom. The molecule has 6 rings (SSSR count). The van der Waals surface area contributed by atoms with Crippen molar-refractivity contribution >= 4 is 32.8 Å². The summed E-state index contributed by atoms with van der Waals surface area (Å²) in [4.78, 5) is 8.55. The number of phenolic OH excluding ortho intramolecular Hbond substituents is 1. The van der Waals surface area contributed by atoms with Gasteiger partial charge in [0.15, 0.2) is 0 Å². The Labute approximate surface area is 174 Å². The minimum Gasteiger partial charge on any atom is -0.507 e. The predicted molar refractivity (Wildman–Crippen MR) is 121 cm³/mol. The van der Waals surface area contributed by atoms with Crippen molar-refractivity contribution in [2.75, 3.05) is 0 Å². The SMILES string of the molecule is Cc1coc2c3ccc4c(c3c3nc(-c5ccccc5O)[nH]c3c12)CCCC4(C)C. The first-order valence-electron chi connectivity index (χ1n) is 10.6. The first-order chi connectivity index (χ1) is 14.5. The molecule has 0 radical (unpaired) electrons. The van der Waals surface area contributed by atoms with Crippen LogP contribution in [0.5, 0.6) is 5.75 Å². The Balaban J connectivity index is 1.82. The molecule has 4 heteroatoms. The van der Waals surface area contributed by atoms with Crippen LogP contribution in [-0.2, 0) is 11.8 Å². The zero-order valence-electron chi connectivity index (χ0n) is 17.5. The van der Waals surface area contributed by atoms with Gasteiger partial charge in [0.25, 0.3) is 0 Å². The van der Waals surface area contributed by atoms with E-state index in [2.05, 4.69) is 37.9 Å². The van der Waals surface area contributed by atoms with Crippen LogP contribution < -0.4 is 0 Å². The summed E-state index contributed by atoms with van der Waals surface area (Å²) < 4.78 is 6.05. The minimum absolute atomic E-state index is 0.152. The topological polar surface area (TPSA) is 62.1 Å². The summed E-state index contributed by atoms with van der Waals surface area (Å²) in [6.45, 7) is 6.74. The largest absolute Gasteiger partial charge is 0.507 e.